The molecule has 2 aliphatic carbocycles. The summed E-state index contributed by atoms with van der Waals surface area (Å²) in [6.07, 6.45) is 6.46. The lowest BCUT2D eigenvalue weighted by atomic mass is 9.67. The Bertz CT molecular complexity index is 631. The lowest BCUT2D eigenvalue weighted by Crippen LogP contribution is -2.54. The molecule has 1 N–H and O–H groups in total. The van der Waals surface area contributed by atoms with Gasteiger partial charge in [-0.2, -0.15) is 4.73 Å². The van der Waals surface area contributed by atoms with E-state index in [9.17, 15) is 15.1 Å². The number of pyridine rings is 1. The number of hydrogen-bond acceptors (Lipinski definition) is 4. The second-order valence-electron chi connectivity index (χ2n) is 7.06. The van der Waals surface area contributed by atoms with Gasteiger partial charge in [0.05, 0.1) is 12.7 Å². The zero-order chi connectivity index (χ0) is 15.5. The number of carbonyl (C=O) groups excluding carboxylic acids is 1. The SMILES string of the molecule is CC(=O)[C@@H]1CC[C@H]2[C@@H]3CCc4c[n+]([O-])ccc4[C@H]3OC[C@]12O. The molecule has 5 atom stereocenters. The minimum Gasteiger partial charge on any atom is -0.619 e. The normalized spacial score (nSPS) is 39.7. The molecule has 0 spiro atoms. The third-order valence-corrected chi connectivity index (χ3v) is 6.01. The van der Waals surface area contributed by atoms with Crippen LogP contribution in [-0.4, -0.2) is 23.1 Å². The Morgan fingerprint density at radius 2 is 2.27 bits per heavy atom. The maximum atomic E-state index is 11.8. The van der Waals surface area contributed by atoms with Gasteiger partial charge in [0.25, 0.3) is 0 Å². The van der Waals surface area contributed by atoms with Gasteiger partial charge in [-0.3, -0.25) is 4.79 Å². The Hall–Kier alpha value is -1.46. The molecule has 1 saturated carbocycles. The van der Waals surface area contributed by atoms with Crippen LogP contribution in [0.3, 0.4) is 0 Å². The molecule has 0 aromatic carbocycles. The van der Waals surface area contributed by atoms with Gasteiger partial charge in [0, 0.05) is 17.5 Å². The molecular weight excluding hydrogens is 282 g/mol. The van der Waals surface area contributed by atoms with E-state index in [0.29, 0.717) is 0 Å². The molecule has 1 aromatic rings. The first-order chi connectivity index (χ1) is 10.5. The minimum absolute atomic E-state index is 0.0547. The molecule has 5 heteroatoms. The molecule has 118 valence electrons. The number of hydrogen-bond donors (Lipinski definition) is 1. The predicted molar refractivity (Wildman–Crippen MR) is 77.8 cm³/mol. The molecule has 1 aromatic heterocycles. The summed E-state index contributed by atoms with van der Waals surface area (Å²) >= 11 is 0. The van der Waals surface area contributed by atoms with Gasteiger partial charge in [0.2, 0.25) is 0 Å². The summed E-state index contributed by atoms with van der Waals surface area (Å²) in [7, 11) is 0. The van der Waals surface area contributed by atoms with Crippen molar-refractivity contribution in [3.8, 4) is 0 Å². The van der Waals surface area contributed by atoms with Crippen molar-refractivity contribution in [1.82, 2.24) is 0 Å². The highest BCUT2D eigenvalue weighted by atomic mass is 16.5. The van der Waals surface area contributed by atoms with Crippen molar-refractivity contribution in [1.29, 1.82) is 0 Å². The van der Waals surface area contributed by atoms with Crippen LogP contribution in [-0.2, 0) is 16.0 Å². The van der Waals surface area contributed by atoms with Crippen molar-refractivity contribution in [2.24, 2.45) is 17.8 Å². The fraction of sp³-hybridized carbons (Fsp3) is 0.647. The lowest BCUT2D eigenvalue weighted by molar-refractivity contribution is -0.606. The van der Waals surface area contributed by atoms with E-state index in [1.807, 2.05) is 6.07 Å². The Kier molecular flexibility index (Phi) is 3.07. The molecule has 1 aliphatic heterocycles. The molecule has 0 radical (unpaired) electrons. The maximum absolute atomic E-state index is 11.8. The molecular formula is C17H21NO4. The molecule has 4 rings (SSSR count). The van der Waals surface area contributed by atoms with E-state index in [1.54, 1.807) is 13.1 Å². The van der Waals surface area contributed by atoms with E-state index in [0.717, 1.165) is 41.5 Å². The van der Waals surface area contributed by atoms with Crippen molar-refractivity contribution in [3.05, 3.63) is 34.8 Å². The summed E-state index contributed by atoms with van der Waals surface area (Å²) in [6, 6.07) is 1.85. The third kappa shape index (κ3) is 1.85. The van der Waals surface area contributed by atoms with E-state index >= 15 is 0 Å². The maximum Gasteiger partial charge on any atom is 0.183 e. The molecule has 3 aliphatic rings. The molecule has 5 nitrogen and oxygen atoms in total. The van der Waals surface area contributed by atoms with Crippen LogP contribution >= 0.6 is 0 Å². The van der Waals surface area contributed by atoms with Crippen molar-refractivity contribution in [2.75, 3.05) is 6.61 Å². The Morgan fingerprint density at radius 1 is 1.45 bits per heavy atom. The zero-order valence-electron chi connectivity index (χ0n) is 12.7. The lowest BCUT2D eigenvalue weighted by Gasteiger charge is -2.48. The quantitative estimate of drug-likeness (QED) is 0.627. The summed E-state index contributed by atoms with van der Waals surface area (Å²) in [6.45, 7) is 1.79. The molecule has 22 heavy (non-hydrogen) atoms. The molecule has 0 bridgehead atoms. The van der Waals surface area contributed by atoms with Gasteiger partial charge in [0.1, 0.15) is 11.4 Å². The van der Waals surface area contributed by atoms with Crippen molar-refractivity contribution in [2.45, 2.75) is 44.3 Å². The number of aromatic nitrogens is 1. The minimum atomic E-state index is -1.00. The van der Waals surface area contributed by atoms with Crippen molar-refractivity contribution >= 4 is 5.78 Å². The average Bonchev–Trinajstić information content (AvgIpc) is 2.84. The molecule has 2 heterocycles. The van der Waals surface area contributed by atoms with Crippen LogP contribution in [0.2, 0.25) is 0 Å². The summed E-state index contributed by atoms with van der Waals surface area (Å²) < 4.78 is 6.87. The van der Waals surface area contributed by atoms with Crippen LogP contribution in [0.25, 0.3) is 0 Å². The number of Topliss-reactive ketones (excluding diaryl/α,β-unsaturated/α-hetero) is 1. The first-order valence-corrected chi connectivity index (χ1v) is 8.06. The number of aryl methyl sites for hydroxylation is 1. The summed E-state index contributed by atoms with van der Waals surface area (Å²) in [4.78, 5) is 11.8. The largest absolute Gasteiger partial charge is 0.619 e. The zero-order valence-corrected chi connectivity index (χ0v) is 12.7. The number of fused-ring (bicyclic) bond motifs is 5. The smallest absolute Gasteiger partial charge is 0.183 e. The number of nitrogens with zero attached hydrogens (tertiary/aromatic N) is 1. The van der Waals surface area contributed by atoms with Gasteiger partial charge < -0.3 is 15.1 Å². The van der Waals surface area contributed by atoms with E-state index in [2.05, 4.69) is 0 Å². The fourth-order valence-electron chi connectivity index (χ4n) is 5.02. The van der Waals surface area contributed by atoms with Crippen LogP contribution in [0.5, 0.6) is 0 Å². The standard InChI is InChI=1S/C17H21NO4/c1-10(19)14-4-5-15-13-3-2-11-8-18(21)7-6-12(11)16(13)22-9-17(14,15)20/h6-8,13-16,20H,2-5,9H2,1H3/t13-,14-,15-,16+,17-/m0/s1. The number of rotatable bonds is 1. The summed E-state index contributed by atoms with van der Waals surface area (Å²) in [5.74, 6) is 0.126. The Morgan fingerprint density at radius 3 is 3.05 bits per heavy atom. The Balaban J connectivity index is 1.69. The van der Waals surface area contributed by atoms with Gasteiger partial charge in [-0.15, -0.1) is 0 Å². The number of aliphatic hydroxyl groups is 1. The van der Waals surface area contributed by atoms with Crippen LogP contribution < -0.4 is 4.73 Å². The molecule has 0 amide bonds. The third-order valence-electron chi connectivity index (χ3n) is 6.01. The van der Waals surface area contributed by atoms with E-state index in [1.165, 1.54) is 6.20 Å². The number of ketones is 1. The first kappa shape index (κ1) is 14.2. The fourth-order valence-corrected chi connectivity index (χ4v) is 5.02. The van der Waals surface area contributed by atoms with Crippen LogP contribution in [0.4, 0.5) is 0 Å². The number of carbonyl (C=O) groups is 1. The van der Waals surface area contributed by atoms with Crippen molar-refractivity contribution in [3.63, 3.8) is 0 Å². The number of ether oxygens (including phenoxy) is 1. The molecule has 2 fully saturated rings. The van der Waals surface area contributed by atoms with Gasteiger partial charge >= 0.3 is 0 Å². The van der Waals surface area contributed by atoms with Crippen molar-refractivity contribution < 1.29 is 19.4 Å². The average molecular weight is 303 g/mol. The van der Waals surface area contributed by atoms with Gasteiger partial charge in [0.15, 0.2) is 12.4 Å². The second kappa shape index (κ2) is 4.77. The predicted octanol–water partition coefficient (Wildman–Crippen LogP) is 1.30. The van der Waals surface area contributed by atoms with Gasteiger partial charge in [-0.25, -0.2) is 0 Å². The summed E-state index contributed by atoms with van der Waals surface area (Å²) in [5.41, 5.74) is 1.12. The van der Waals surface area contributed by atoms with Gasteiger partial charge in [-0.1, -0.05) is 0 Å². The highest BCUT2D eigenvalue weighted by Crippen LogP contribution is 2.55. The topological polar surface area (TPSA) is 73.5 Å². The van der Waals surface area contributed by atoms with Gasteiger partial charge in [-0.05, 0) is 50.0 Å². The second-order valence-corrected chi connectivity index (χ2v) is 7.06. The highest BCUT2D eigenvalue weighted by Gasteiger charge is 2.58. The molecule has 1 saturated heterocycles. The first-order valence-electron chi connectivity index (χ1n) is 8.06. The van der Waals surface area contributed by atoms with E-state index in [-0.39, 0.29) is 36.2 Å². The Labute approximate surface area is 129 Å². The van der Waals surface area contributed by atoms with E-state index < -0.39 is 5.60 Å². The van der Waals surface area contributed by atoms with Crippen LogP contribution in [0.15, 0.2) is 18.5 Å². The highest BCUT2D eigenvalue weighted by molar-refractivity contribution is 5.80. The van der Waals surface area contributed by atoms with Crippen LogP contribution in [0, 0.1) is 23.0 Å². The monoisotopic (exact) mass is 303 g/mol. The summed E-state index contributed by atoms with van der Waals surface area (Å²) in [5, 5.41) is 22.5. The van der Waals surface area contributed by atoms with Crippen LogP contribution in [0.1, 0.15) is 43.4 Å². The molecule has 0 unspecified atom stereocenters. The van der Waals surface area contributed by atoms with E-state index in [4.69, 9.17) is 4.74 Å².